The molecule has 1 aliphatic heterocycles. The van der Waals surface area contributed by atoms with Crippen LogP contribution in [0, 0.1) is 6.92 Å². The van der Waals surface area contributed by atoms with Crippen molar-refractivity contribution in [1.82, 2.24) is 4.90 Å². The van der Waals surface area contributed by atoms with Crippen molar-refractivity contribution in [3.63, 3.8) is 0 Å². The summed E-state index contributed by atoms with van der Waals surface area (Å²) in [5.74, 6) is -0.332. The summed E-state index contributed by atoms with van der Waals surface area (Å²) >= 11 is 1.30. The number of carbonyl (C=O) groups excluding carboxylic acids is 1. The SMILES string of the molecule is CCN1C(=O)C(=Cc2ccc(OCc3cccc(C)c3)cc2)SC1=Nc1ccc(C(=O)O)cc1. The van der Waals surface area contributed by atoms with Crippen molar-refractivity contribution < 1.29 is 19.4 Å². The standard InChI is InChI=1S/C27H24N2O4S/c1-3-29-25(30)24(34-27(29)28-22-11-9-21(10-12-22)26(31)32)16-19-7-13-23(14-8-19)33-17-20-6-4-5-18(2)15-20/h4-16H,3,17H2,1-2H3,(H,31,32). The molecule has 0 aliphatic carbocycles. The molecule has 0 radical (unpaired) electrons. The van der Waals surface area contributed by atoms with Crippen molar-refractivity contribution in [1.29, 1.82) is 0 Å². The third-order valence-corrected chi connectivity index (χ3v) is 6.22. The van der Waals surface area contributed by atoms with Crippen molar-refractivity contribution >= 4 is 40.6 Å². The monoisotopic (exact) mass is 472 g/mol. The lowest BCUT2D eigenvalue weighted by Crippen LogP contribution is -2.28. The summed E-state index contributed by atoms with van der Waals surface area (Å²) in [5, 5.41) is 9.62. The molecule has 3 aromatic carbocycles. The number of hydrogen-bond acceptors (Lipinski definition) is 5. The maximum Gasteiger partial charge on any atom is 0.335 e. The molecule has 0 bridgehead atoms. The average Bonchev–Trinajstić information content (AvgIpc) is 3.12. The summed E-state index contributed by atoms with van der Waals surface area (Å²) in [4.78, 5) is 30.7. The van der Waals surface area contributed by atoms with Crippen LogP contribution in [0.5, 0.6) is 5.75 Å². The topological polar surface area (TPSA) is 79.2 Å². The van der Waals surface area contributed by atoms with E-state index in [4.69, 9.17) is 9.84 Å². The molecule has 4 rings (SSSR count). The Morgan fingerprint density at radius 2 is 1.82 bits per heavy atom. The van der Waals surface area contributed by atoms with Gasteiger partial charge in [-0.25, -0.2) is 9.79 Å². The number of carboxylic acids is 1. The van der Waals surface area contributed by atoms with Crippen LogP contribution in [0.25, 0.3) is 6.08 Å². The van der Waals surface area contributed by atoms with Crippen LogP contribution in [0.3, 0.4) is 0 Å². The van der Waals surface area contributed by atoms with Gasteiger partial charge in [0.1, 0.15) is 12.4 Å². The number of nitrogens with zero attached hydrogens (tertiary/aromatic N) is 2. The molecule has 172 valence electrons. The molecule has 1 N–H and O–H groups in total. The minimum Gasteiger partial charge on any atom is -0.489 e. The zero-order valence-electron chi connectivity index (χ0n) is 18.9. The molecule has 0 unspecified atom stereocenters. The smallest absolute Gasteiger partial charge is 0.335 e. The van der Waals surface area contributed by atoms with E-state index in [1.165, 1.54) is 29.5 Å². The van der Waals surface area contributed by atoms with E-state index >= 15 is 0 Å². The van der Waals surface area contributed by atoms with Crippen LogP contribution in [-0.2, 0) is 11.4 Å². The average molecular weight is 473 g/mol. The molecule has 7 heteroatoms. The van der Waals surface area contributed by atoms with Gasteiger partial charge in [-0.2, -0.15) is 0 Å². The molecule has 3 aromatic rings. The van der Waals surface area contributed by atoms with E-state index in [0.29, 0.717) is 28.9 Å². The van der Waals surface area contributed by atoms with Crippen LogP contribution in [0.1, 0.15) is 34.0 Å². The Morgan fingerprint density at radius 1 is 1.09 bits per heavy atom. The molecule has 34 heavy (non-hydrogen) atoms. The van der Waals surface area contributed by atoms with Gasteiger partial charge in [0, 0.05) is 6.54 Å². The quantitative estimate of drug-likeness (QED) is 0.433. The van der Waals surface area contributed by atoms with Gasteiger partial charge in [0.2, 0.25) is 0 Å². The number of likely N-dealkylation sites (N-methyl/N-ethyl adjacent to an activating group) is 1. The van der Waals surface area contributed by atoms with Crippen LogP contribution in [0.4, 0.5) is 5.69 Å². The summed E-state index contributed by atoms with van der Waals surface area (Å²) in [7, 11) is 0. The van der Waals surface area contributed by atoms with Crippen LogP contribution in [-0.4, -0.2) is 33.6 Å². The summed E-state index contributed by atoms with van der Waals surface area (Å²) < 4.78 is 5.88. The van der Waals surface area contributed by atoms with Crippen molar-refractivity contribution in [3.8, 4) is 5.75 Å². The number of amides is 1. The first kappa shape index (κ1) is 23.3. The van der Waals surface area contributed by atoms with Gasteiger partial charge in [-0.3, -0.25) is 9.69 Å². The highest BCUT2D eigenvalue weighted by atomic mass is 32.2. The lowest BCUT2D eigenvalue weighted by molar-refractivity contribution is -0.122. The number of carbonyl (C=O) groups is 2. The number of hydrogen-bond donors (Lipinski definition) is 1. The van der Waals surface area contributed by atoms with Crippen molar-refractivity contribution in [3.05, 3.63) is 100.0 Å². The molecule has 0 atom stereocenters. The molecule has 1 saturated heterocycles. The van der Waals surface area contributed by atoms with Crippen molar-refractivity contribution in [2.24, 2.45) is 4.99 Å². The molecule has 1 fully saturated rings. The Kier molecular flexibility index (Phi) is 7.13. The lowest BCUT2D eigenvalue weighted by atomic mass is 10.1. The van der Waals surface area contributed by atoms with E-state index in [1.54, 1.807) is 17.0 Å². The van der Waals surface area contributed by atoms with Gasteiger partial charge in [-0.15, -0.1) is 0 Å². The predicted octanol–water partition coefficient (Wildman–Crippen LogP) is 5.90. The number of aryl methyl sites for hydroxylation is 1. The highest BCUT2D eigenvalue weighted by molar-refractivity contribution is 8.18. The Labute approximate surface area is 202 Å². The fraction of sp³-hybridized carbons (Fsp3) is 0.148. The van der Waals surface area contributed by atoms with Crippen LogP contribution >= 0.6 is 11.8 Å². The molecular weight excluding hydrogens is 448 g/mol. The highest BCUT2D eigenvalue weighted by Crippen LogP contribution is 2.34. The Balaban J connectivity index is 1.46. The Bertz CT molecular complexity index is 1260. The first-order valence-corrected chi connectivity index (χ1v) is 11.7. The van der Waals surface area contributed by atoms with Gasteiger partial charge >= 0.3 is 5.97 Å². The number of benzene rings is 3. The predicted molar refractivity (Wildman–Crippen MR) is 135 cm³/mol. The number of aromatic carboxylic acids is 1. The normalized spacial score (nSPS) is 15.8. The zero-order chi connectivity index (χ0) is 24.1. The Hall–Kier alpha value is -3.84. The molecule has 0 saturated carbocycles. The van der Waals surface area contributed by atoms with E-state index in [1.807, 2.05) is 49.4 Å². The summed E-state index contributed by atoms with van der Waals surface area (Å²) in [6.45, 7) is 4.93. The molecule has 1 heterocycles. The molecule has 1 amide bonds. The van der Waals surface area contributed by atoms with Gasteiger partial charge < -0.3 is 9.84 Å². The number of amidine groups is 1. The number of carboxylic acid groups (broad SMARTS) is 1. The van der Waals surface area contributed by atoms with Gasteiger partial charge in [0.15, 0.2) is 5.17 Å². The van der Waals surface area contributed by atoms with Crippen LogP contribution < -0.4 is 4.74 Å². The number of thioether (sulfide) groups is 1. The second-order valence-corrected chi connectivity index (χ2v) is 8.76. The third kappa shape index (κ3) is 5.55. The number of aliphatic imine (C=N–C) groups is 1. The largest absolute Gasteiger partial charge is 0.489 e. The summed E-state index contributed by atoms with van der Waals surface area (Å²) in [6.07, 6.45) is 1.84. The molecule has 1 aliphatic rings. The zero-order valence-corrected chi connectivity index (χ0v) is 19.7. The van der Waals surface area contributed by atoms with E-state index < -0.39 is 5.97 Å². The molecule has 6 nitrogen and oxygen atoms in total. The van der Waals surface area contributed by atoms with Crippen LogP contribution in [0.2, 0.25) is 0 Å². The minimum atomic E-state index is -0.989. The lowest BCUT2D eigenvalue weighted by Gasteiger charge is -2.12. The molecular formula is C27H24N2O4S. The van der Waals surface area contributed by atoms with Crippen molar-refractivity contribution in [2.45, 2.75) is 20.5 Å². The Morgan fingerprint density at radius 3 is 2.47 bits per heavy atom. The first-order chi connectivity index (χ1) is 16.4. The van der Waals surface area contributed by atoms with Gasteiger partial charge in [0.05, 0.1) is 16.2 Å². The fourth-order valence-electron chi connectivity index (χ4n) is 3.44. The van der Waals surface area contributed by atoms with Crippen molar-refractivity contribution in [2.75, 3.05) is 6.54 Å². The molecule has 0 aromatic heterocycles. The van der Waals surface area contributed by atoms with E-state index in [0.717, 1.165) is 16.9 Å². The van der Waals surface area contributed by atoms with Gasteiger partial charge in [-0.1, -0.05) is 42.0 Å². The fourth-order valence-corrected chi connectivity index (χ4v) is 4.50. The number of rotatable bonds is 7. The minimum absolute atomic E-state index is 0.104. The van der Waals surface area contributed by atoms with Gasteiger partial charge in [-0.05, 0) is 79.2 Å². The maximum atomic E-state index is 12.9. The number of ether oxygens (including phenoxy) is 1. The highest BCUT2D eigenvalue weighted by Gasteiger charge is 2.32. The van der Waals surface area contributed by atoms with E-state index in [9.17, 15) is 9.59 Å². The maximum absolute atomic E-state index is 12.9. The molecule has 0 spiro atoms. The summed E-state index contributed by atoms with van der Waals surface area (Å²) in [6, 6.07) is 22.1. The third-order valence-electron chi connectivity index (χ3n) is 5.21. The second-order valence-electron chi connectivity index (χ2n) is 7.75. The second kappa shape index (κ2) is 10.4. The first-order valence-electron chi connectivity index (χ1n) is 10.8. The van der Waals surface area contributed by atoms with Crippen LogP contribution in [0.15, 0.2) is 82.7 Å². The van der Waals surface area contributed by atoms with E-state index in [-0.39, 0.29) is 11.5 Å². The summed E-state index contributed by atoms with van der Waals surface area (Å²) in [5.41, 5.74) is 3.99. The van der Waals surface area contributed by atoms with Gasteiger partial charge in [0.25, 0.3) is 5.91 Å². The van der Waals surface area contributed by atoms with E-state index in [2.05, 4.69) is 24.0 Å².